The van der Waals surface area contributed by atoms with Crippen LogP contribution in [-0.2, 0) is 15.6 Å². The van der Waals surface area contributed by atoms with E-state index in [0.717, 1.165) is 16.9 Å². The Morgan fingerprint density at radius 2 is 1.43 bits per heavy atom. The minimum absolute atomic E-state index is 0.0403. The molecule has 3 aromatic rings. The van der Waals surface area contributed by atoms with Crippen molar-refractivity contribution in [1.29, 1.82) is 0 Å². The van der Waals surface area contributed by atoms with Gasteiger partial charge < -0.3 is 5.32 Å². The third-order valence-corrected chi connectivity index (χ3v) is 7.53. The van der Waals surface area contributed by atoms with Crippen molar-refractivity contribution >= 4 is 35.0 Å². The Morgan fingerprint density at radius 1 is 0.857 bits per heavy atom. The lowest BCUT2D eigenvalue weighted by molar-refractivity contribution is -0.115. The summed E-state index contributed by atoms with van der Waals surface area (Å²) in [5, 5.41) is 2.89. The molecule has 1 saturated heterocycles. The van der Waals surface area contributed by atoms with Gasteiger partial charge in [0.15, 0.2) is 0 Å². The molecule has 0 unspecified atom stereocenters. The third-order valence-electron chi connectivity index (χ3n) is 6.32. The van der Waals surface area contributed by atoms with Gasteiger partial charge in [-0.1, -0.05) is 77.9 Å². The van der Waals surface area contributed by atoms with E-state index in [4.69, 9.17) is 0 Å². The van der Waals surface area contributed by atoms with Crippen molar-refractivity contribution in [1.82, 2.24) is 0 Å². The Kier molecular flexibility index (Phi) is 6.83. The molecule has 0 radical (unpaired) electrons. The molecule has 0 spiro atoms. The standard InChI is InChI=1S/C30H34N2O2S/c1-29(2,3)22-12-10-20(11-13-22)27(34)31-24-9-7-8-21(18-24)28-32(26(33)19-35-28)25-16-14-23(15-17-25)30(4,5)6/h7-18,28H,19H2,1-6H3,(H,31,34)/t28-/m1/s1. The second kappa shape index (κ2) is 9.54. The molecule has 5 heteroatoms. The van der Waals surface area contributed by atoms with Crippen molar-refractivity contribution in [3.05, 3.63) is 95.1 Å². The molecule has 182 valence electrons. The minimum Gasteiger partial charge on any atom is -0.322 e. The van der Waals surface area contributed by atoms with Crippen LogP contribution in [0.2, 0.25) is 0 Å². The van der Waals surface area contributed by atoms with Gasteiger partial charge in [-0.15, -0.1) is 11.8 Å². The molecule has 1 aliphatic rings. The Bertz CT molecular complexity index is 1220. The Morgan fingerprint density at radius 3 is 2.00 bits per heavy atom. The molecule has 1 atom stereocenters. The zero-order valence-corrected chi connectivity index (χ0v) is 22.2. The largest absolute Gasteiger partial charge is 0.322 e. The predicted octanol–water partition coefficient (Wildman–Crippen LogP) is 7.31. The molecule has 2 amide bonds. The van der Waals surface area contributed by atoms with Crippen LogP contribution in [0.15, 0.2) is 72.8 Å². The van der Waals surface area contributed by atoms with Crippen molar-refractivity contribution in [3.63, 3.8) is 0 Å². The fourth-order valence-electron chi connectivity index (χ4n) is 4.17. The number of hydrogen-bond acceptors (Lipinski definition) is 3. The lowest BCUT2D eigenvalue weighted by atomic mass is 9.87. The number of thioether (sulfide) groups is 1. The summed E-state index contributed by atoms with van der Waals surface area (Å²) in [7, 11) is 0. The van der Waals surface area contributed by atoms with Crippen LogP contribution in [0.5, 0.6) is 0 Å². The summed E-state index contributed by atoms with van der Waals surface area (Å²) in [5.74, 6) is 0.381. The average Bonchev–Trinajstić information content (AvgIpc) is 3.19. The summed E-state index contributed by atoms with van der Waals surface area (Å²) in [6.45, 7) is 13.0. The van der Waals surface area contributed by atoms with Crippen LogP contribution < -0.4 is 10.2 Å². The van der Waals surface area contributed by atoms with Gasteiger partial charge >= 0.3 is 0 Å². The Hall–Kier alpha value is -3.05. The first-order valence-electron chi connectivity index (χ1n) is 12.0. The number of nitrogens with one attached hydrogen (secondary N) is 1. The van der Waals surface area contributed by atoms with Crippen LogP contribution in [-0.4, -0.2) is 17.6 Å². The molecule has 1 fully saturated rings. The molecular weight excluding hydrogens is 452 g/mol. The predicted molar refractivity (Wildman–Crippen MR) is 147 cm³/mol. The maximum atomic E-state index is 12.9. The van der Waals surface area contributed by atoms with E-state index in [9.17, 15) is 9.59 Å². The van der Waals surface area contributed by atoms with Gasteiger partial charge in [-0.25, -0.2) is 0 Å². The van der Waals surface area contributed by atoms with Gasteiger partial charge in [-0.3, -0.25) is 14.5 Å². The topological polar surface area (TPSA) is 49.4 Å². The van der Waals surface area contributed by atoms with Crippen molar-refractivity contribution in [2.24, 2.45) is 0 Å². The number of carbonyl (C=O) groups excluding carboxylic acids is 2. The SMILES string of the molecule is CC(C)(C)c1ccc(C(=O)Nc2cccc([C@H]3SCC(=O)N3c3ccc(C(C)(C)C)cc3)c2)cc1. The quantitative estimate of drug-likeness (QED) is 0.420. The highest BCUT2D eigenvalue weighted by atomic mass is 32.2. The molecule has 0 aromatic heterocycles. The first-order valence-corrected chi connectivity index (χ1v) is 13.0. The highest BCUT2D eigenvalue weighted by Gasteiger charge is 2.34. The molecule has 0 bridgehead atoms. The third kappa shape index (κ3) is 5.62. The first-order chi connectivity index (χ1) is 16.4. The number of rotatable bonds is 4. The summed E-state index contributed by atoms with van der Waals surface area (Å²) in [6, 6.07) is 23.8. The monoisotopic (exact) mass is 486 g/mol. The first kappa shape index (κ1) is 25.1. The Labute approximate surface area is 213 Å². The fourth-order valence-corrected chi connectivity index (χ4v) is 5.33. The molecular formula is C30H34N2O2S. The molecule has 35 heavy (non-hydrogen) atoms. The van der Waals surface area contributed by atoms with Gasteiger partial charge in [0, 0.05) is 16.9 Å². The average molecular weight is 487 g/mol. The van der Waals surface area contributed by atoms with E-state index in [1.807, 2.05) is 65.6 Å². The van der Waals surface area contributed by atoms with Gasteiger partial charge in [0.05, 0.1) is 5.75 Å². The van der Waals surface area contributed by atoms with Gasteiger partial charge in [-0.05, 0) is 63.9 Å². The van der Waals surface area contributed by atoms with Crippen LogP contribution in [0, 0.1) is 0 Å². The van der Waals surface area contributed by atoms with Crippen LogP contribution in [0.25, 0.3) is 0 Å². The highest BCUT2D eigenvalue weighted by Crippen LogP contribution is 2.42. The van der Waals surface area contributed by atoms with Gasteiger partial charge in [0.2, 0.25) is 5.91 Å². The molecule has 3 aromatic carbocycles. The summed E-state index contributed by atoms with van der Waals surface area (Å²) in [6.07, 6.45) is 0. The van der Waals surface area contributed by atoms with Crippen LogP contribution in [0.1, 0.15) is 74.0 Å². The van der Waals surface area contributed by atoms with E-state index >= 15 is 0 Å². The Balaban J connectivity index is 1.53. The van der Waals surface area contributed by atoms with E-state index in [2.05, 4.69) is 59.0 Å². The van der Waals surface area contributed by atoms with Crippen molar-refractivity contribution in [2.75, 3.05) is 16.0 Å². The fraction of sp³-hybridized carbons (Fsp3) is 0.333. The van der Waals surface area contributed by atoms with Crippen molar-refractivity contribution in [2.45, 2.75) is 57.7 Å². The van der Waals surface area contributed by atoms with Crippen LogP contribution in [0.3, 0.4) is 0 Å². The zero-order chi connectivity index (χ0) is 25.4. The molecule has 1 aliphatic heterocycles. The molecule has 0 saturated carbocycles. The summed E-state index contributed by atoms with van der Waals surface area (Å²) < 4.78 is 0. The maximum Gasteiger partial charge on any atom is 0.255 e. The minimum atomic E-state index is -0.146. The van der Waals surface area contributed by atoms with Crippen LogP contribution in [0.4, 0.5) is 11.4 Å². The van der Waals surface area contributed by atoms with E-state index in [-0.39, 0.29) is 28.0 Å². The van der Waals surface area contributed by atoms with Gasteiger partial charge in [0.25, 0.3) is 5.91 Å². The second-order valence-electron chi connectivity index (χ2n) is 11.1. The highest BCUT2D eigenvalue weighted by molar-refractivity contribution is 8.00. The smallest absolute Gasteiger partial charge is 0.255 e. The number of nitrogens with zero attached hydrogens (tertiary/aromatic N) is 1. The van der Waals surface area contributed by atoms with E-state index in [1.165, 1.54) is 11.1 Å². The molecule has 4 rings (SSSR count). The normalized spacial score (nSPS) is 16.5. The maximum absolute atomic E-state index is 12.9. The van der Waals surface area contributed by atoms with Crippen LogP contribution >= 0.6 is 11.8 Å². The number of carbonyl (C=O) groups is 2. The molecule has 1 heterocycles. The molecule has 0 aliphatic carbocycles. The number of benzene rings is 3. The van der Waals surface area contributed by atoms with Gasteiger partial charge in [-0.2, -0.15) is 0 Å². The van der Waals surface area contributed by atoms with Crippen molar-refractivity contribution in [3.8, 4) is 0 Å². The summed E-state index contributed by atoms with van der Waals surface area (Å²) in [5.41, 5.74) is 5.74. The molecule has 1 N–H and O–H groups in total. The number of amides is 2. The van der Waals surface area contributed by atoms with Crippen molar-refractivity contribution < 1.29 is 9.59 Å². The van der Waals surface area contributed by atoms with Gasteiger partial charge in [0.1, 0.15) is 5.37 Å². The summed E-state index contributed by atoms with van der Waals surface area (Å²) in [4.78, 5) is 27.6. The number of anilines is 2. The summed E-state index contributed by atoms with van der Waals surface area (Å²) >= 11 is 1.61. The second-order valence-corrected chi connectivity index (χ2v) is 12.2. The number of hydrogen-bond donors (Lipinski definition) is 1. The zero-order valence-electron chi connectivity index (χ0n) is 21.4. The molecule has 4 nitrogen and oxygen atoms in total. The van der Waals surface area contributed by atoms with E-state index in [0.29, 0.717) is 11.3 Å². The van der Waals surface area contributed by atoms with E-state index in [1.54, 1.807) is 11.8 Å². The van der Waals surface area contributed by atoms with E-state index < -0.39 is 0 Å². The lowest BCUT2D eigenvalue weighted by Gasteiger charge is -2.26. The lowest BCUT2D eigenvalue weighted by Crippen LogP contribution is -2.28.